The average Bonchev–Trinajstić information content (AvgIpc) is 2.42. The molecule has 0 aliphatic carbocycles. The summed E-state index contributed by atoms with van der Waals surface area (Å²) in [4.78, 5) is 9.08. The highest BCUT2D eigenvalue weighted by Crippen LogP contribution is 2.26. The molecule has 1 aliphatic heterocycles. The Morgan fingerprint density at radius 1 is 1.26 bits per heavy atom. The standard InChI is InChI=1S/C14H23N3O2/c1-9(2)12-16-13(15-4)10(3)14(17-12)19-11-5-7-18-8-6-11/h9,11H,5-8H2,1-4H3,(H,15,16,17). The first-order valence-electron chi connectivity index (χ1n) is 6.92. The minimum absolute atomic E-state index is 0.201. The lowest BCUT2D eigenvalue weighted by Crippen LogP contribution is -2.27. The monoisotopic (exact) mass is 265 g/mol. The van der Waals surface area contributed by atoms with Gasteiger partial charge in [-0.15, -0.1) is 0 Å². The maximum Gasteiger partial charge on any atom is 0.222 e. The van der Waals surface area contributed by atoms with E-state index in [9.17, 15) is 0 Å². The molecule has 0 amide bonds. The second kappa shape index (κ2) is 6.19. The Hall–Kier alpha value is -1.36. The van der Waals surface area contributed by atoms with Crippen molar-refractivity contribution in [2.24, 2.45) is 0 Å². The van der Waals surface area contributed by atoms with Gasteiger partial charge in [-0.25, -0.2) is 4.98 Å². The molecule has 1 aromatic rings. The average molecular weight is 265 g/mol. The van der Waals surface area contributed by atoms with E-state index in [1.807, 2.05) is 14.0 Å². The van der Waals surface area contributed by atoms with Gasteiger partial charge in [-0.3, -0.25) is 0 Å². The number of anilines is 1. The smallest absolute Gasteiger partial charge is 0.222 e. The van der Waals surface area contributed by atoms with Crippen LogP contribution in [0.15, 0.2) is 0 Å². The molecule has 19 heavy (non-hydrogen) atoms. The van der Waals surface area contributed by atoms with E-state index in [1.54, 1.807) is 0 Å². The highest BCUT2D eigenvalue weighted by Gasteiger charge is 2.19. The van der Waals surface area contributed by atoms with Gasteiger partial charge in [0.2, 0.25) is 5.88 Å². The van der Waals surface area contributed by atoms with E-state index in [0.717, 1.165) is 43.3 Å². The predicted octanol–water partition coefficient (Wildman–Crippen LogP) is 2.51. The maximum absolute atomic E-state index is 6.05. The molecule has 0 bridgehead atoms. The summed E-state index contributed by atoms with van der Waals surface area (Å²) < 4.78 is 11.4. The lowest BCUT2D eigenvalue weighted by Gasteiger charge is -2.24. The fraction of sp³-hybridized carbons (Fsp3) is 0.714. The molecule has 1 N–H and O–H groups in total. The van der Waals surface area contributed by atoms with Crippen molar-refractivity contribution in [3.05, 3.63) is 11.4 Å². The van der Waals surface area contributed by atoms with Gasteiger partial charge in [0.05, 0.1) is 18.8 Å². The fourth-order valence-electron chi connectivity index (χ4n) is 2.08. The topological polar surface area (TPSA) is 56.3 Å². The first-order chi connectivity index (χ1) is 9.11. The largest absolute Gasteiger partial charge is 0.474 e. The lowest BCUT2D eigenvalue weighted by atomic mass is 10.1. The van der Waals surface area contributed by atoms with Crippen LogP contribution in [0.5, 0.6) is 5.88 Å². The van der Waals surface area contributed by atoms with Crippen molar-refractivity contribution in [2.75, 3.05) is 25.6 Å². The fourth-order valence-corrected chi connectivity index (χ4v) is 2.08. The maximum atomic E-state index is 6.05. The van der Waals surface area contributed by atoms with E-state index in [1.165, 1.54) is 0 Å². The molecule has 5 nitrogen and oxygen atoms in total. The third-order valence-corrected chi connectivity index (χ3v) is 3.32. The molecule has 0 spiro atoms. The molecule has 1 aliphatic rings. The number of ether oxygens (including phenoxy) is 2. The van der Waals surface area contributed by atoms with Crippen LogP contribution in [0.4, 0.5) is 5.82 Å². The number of nitrogens with one attached hydrogen (secondary N) is 1. The second-order valence-corrected chi connectivity index (χ2v) is 5.19. The van der Waals surface area contributed by atoms with Gasteiger partial charge in [-0.2, -0.15) is 4.98 Å². The van der Waals surface area contributed by atoms with Crippen LogP contribution in [-0.4, -0.2) is 36.3 Å². The zero-order valence-electron chi connectivity index (χ0n) is 12.2. The van der Waals surface area contributed by atoms with Crippen molar-refractivity contribution in [2.45, 2.75) is 45.6 Å². The minimum atomic E-state index is 0.201. The van der Waals surface area contributed by atoms with Crippen LogP contribution in [0.25, 0.3) is 0 Å². The number of rotatable bonds is 4. The summed E-state index contributed by atoms with van der Waals surface area (Å²) in [6, 6.07) is 0. The van der Waals surface area contributed by atoms with Gasteiger partial charge in [0.1, 0.15) is 17.7 Å². The van der Waals surface area contributed by atoms with Gasteiger partial charge >= 0.3 is 0 Å². The van der Waals surface area contributed by atoms with Gasteiger partial charge < -0.3 is 14.8 Å². The first-order valence-corrected chi connectivity index (χ1v) is 6.92. The van der Waals surface area contributed by atoms with Gasteiger partial charge in [-0.05, 0) is 6.92 Å². The summed E-state index contributed by atoms with van der Waals surface area (Å²) in [5.74, 6) is 2.65. The summed E-state index contributed by atoms with van der Waals surface area (Å²) in [6.45, 7) is 7.70. The molecule has 0 aromatic carbocycles. The predicted molar refractivity (Wildman–Crippen MR) is 74.9 cm³/mol. The third kappa shape index (κ3) is 3.35. The van der Waals surface area contributed by atoms with Crippen LogP contribution in [0.2, 0.25) is 0 Å². The Kier molecular flexibility index (Phi) is 4.58. The normalized spacial score (nSPS) is 16.7. The molecule has 0 saturated carbocycles. The van der Waals surface area contributed by atoms with Crippen molar-refractivity contribution < 1.29 is 9.47 Å². The van der Waals surface area contributed by atoms with Crippen molar-refractivity contribution in [1.82, 2.24) is 9.97 Å². The van der Waals surface area contributed by atoms with E-state index >= 15 is 0 Å². The molecule has 0 atom stereocenters. The highest BCUT2D eigenvalue weighted by atomic mass is 16.5. The Morgan fingerprint density at radius 3 is 2.53 bits per heavy atom. The van der Waals surface area contributed by atoms with Crippen molar-refractivity contribution in [3.8, 4) is 5.88 Å². The second-order valence-electron chi connectivity index (χ2n) is 5.19. The van der Waals surface area contributed by atoms with Crippen molar-refractivity contribution in [3.63, 3.8) is 0 Å². The first kappa shape index (κ1) is 14.1. The van der Waals surface area contributed by atoms with E-state index in [2.05, 4.69) is 29.1 Å². The van der Waals surface area contributed by atoms with Crippen LogP contribution in [0, 0.1) is 6.92 Å². The summed E-state index contributed by atoms with van der Waals surface area (Å²) >= 11 is 0. The molecule has 2 rings (SSSR count). The molecular formula is C14H23N3O2. The summed E-state index contributed by atoms with van der Waals surface area (Å²) in [5, 5.41) is 3.11. The molecule has 5 heteroatoms. The van der Waals surface area contributed by atoms with E-state index < -0.39 is 0 Å². The number of nitrogens with zero attached hydrogens (tertiary/aromatic N) is 2. The molecule has 0 unspecified atom stereocenters. The number of aromatic nitrogens is 2. The Bertz CT molecular complexity index is 429. The quantitative estimate of drug-likeness (QED) is 0.906. The Labute approximate surface area is 114 Å². The Balaban J connectivity index is 2.24. The van der Waals surface area contributed by atoms with Gasteiger partial charge in [0, 0.05) is 25.8 Å². The van der Waals surface area contributed by atoms with Crippen molar-refractivity contribution in [1.29, 1.82) is 0 Å². The van der Waals surface area contributed by atoms with Crippen LogP contribution in [-0.2, 0) is 4.74 Å². The highest BCUT2D eigenvalue weighted by molar-refractivity contribution is 5.48. The summed E-state index contributed by atoms with van der Waals surface area (Å²) in [6.07, 6.45) is 2.05. The third-order valence-electron chi connectivity index (χ3n) is 3.32. The minimum Gasteiger partial charge on any atom is -0.474 e. The number of hydrogen-bond acceptors (Lipinski definition) is 5. The molecule has 1 fully saturated rings. The Morgan fingerprint density at radius 2 is 1.95 bits per heavy atom. The van der Waals surface area contributed by atoms with Gasteiger partial charge in [0.15, 0.2) is 0 Å². The van der Waals surface area contributed by atoms with Crippen LogP contribution < -0.4 is 10.1 Å². The van der Waals surface area contributed by atoms with Crippen LogP contribution in [0.1, 0.15) is 44.0 Å². The zero-order valence-corrected chi connectivity index (χ0v) is 12.2. The molecule has 1 saturated heterocycles. The molecule has 2 heterocycles. The van der Waals surface area contributed by atoms with Crippen molar-refractivity contribution >= 4 is 5.82 Å². The molecular weight excluding hydrogens is 242 g/mol. The summed E-state index contributed by atoms with van der Waals surface area (Å²) in [7, 11) is 1.87. The van der Waals surface area contributed by atoms with Gasteiger partial charge in [0.25, 0.3) is 0 Å². The zero-order chi connectivity index (χ0) is 13.8. The lowest BCUT2D eigenvalue weighted by molar-refractivity contribution is 0.0233. The molecule has 106 valence electrons. The number of hydrogen-bond donors (Lipinski definition) is 1. The van der Waals surface area contributed by atoms with Crippen LogP contribution in [0.3, 0.4) is 0 Å². The van der Waals surface area contributed by atoms with E-state index in [0.29, 0.717) is 5.88 Å². The molecule has 0 radical (unpaired) electrons. The van der Waals surface area contributed by atoms with E-state index in [-0.39, 0.29) is 12.0 Å². The van der Waals surface area contributed by atoms with Crippen LogP contribution >= 0.6 is 0 Å². The molecule has 1 aromatic heterocycles. The van der Waals surface area contributed by atoms with E-state index in [4.69, 9.17) is 9.47 Å². The summed E-state index contributed by atoms with van der Waals surface area (Å²) in [5.41, 5.74) is 0.971. The van der Waals surface area contributed by atoms with Gasteiger partial charge in [-0.1, -0.05) is 13.8 Å². The SMILES string of the molecule is CNc1nc(C(C)C)nc(OC2CCOCC2)c1C.